The van der Waals surface area contributed by atoms with Crippen molar-refractivity contribution in [2.45, 2.75) is 31.8 Å². The molecule has 1 aromatic heterocycles. The first-order chi connectivity index (χ1) is 9.95. The molecular formula is C14H20BrN3O2S. The van der Waals surface area contributed by atoms with E-state index in [0.717, 1.165) is 29.7 Å². The van der Waals surface area contributed by atoms with Crippen molar-refractivity contribution in [3.05, 3.63) is 20.8 Å². The molecule has 1 aliphatic rings. The molecule has 0 spiro atoms. The van der Waals surface area contributed by atoms with Gasteiger partial charge in [0, 0.05) is 6.04 Å². The fourth-order valence-electron chi connectivity index (χ4n) is 2.25. The Labute approximate surface area is 137 Å². The summed E-state index contributed by atoms with van der Waals surface area (Å²) in [7, 11) is 2.08. The van der Waals surface area contributed by atoms with Gasteiger partial charge in [0.05, 0.1) is 8.66 Å². The molecule has 0 saturated carbocycles. The number of nitrogens with zero attached hydrogens (tertiary/aromatic N) is 1. The summed E-state index contributed by atoms with van der Waals surface area (Å²) < 4.78 is 0.899. The van der Waals surface area contributed by atoms with Gasteiger partial charge in [0.25, 0.3) is 5.91 Å². The standard InChI is InChI=1S/C14H20BrN3O2S/c1-9(16-14(20)11-3-4-12(15)21-11)13(19)17-10-5-7-18(2)8-6-10/h3-4,9-10H,5-8H2,1-2H3,(H,16,20)(H,17,19). The number of thiophene rings is 1. The highest BCUT2D eigenvalue weighted by Gasteiger charge is 2.22. The third-order valence-corrected chi connectivity index (χ3v) is 5.23. The minimum Gasteiger partial charge on any atom is -0.351 e. The van der Waals surface area contributed by atoms with E-state index in [-0.39, 0.29) is 17.9 Å². The Morgan fingerprint density at radius 1 is 1.38 bits per heavy atom. The summed E-state index contributed by atoms with van der Waals surface area (Å²) >= 11 is 4.67. The lowest BCUT2D eigenvalue weighted by Gasteiger charge is -2.30. The second-order valence-electron chi connectivity index (χ2n) is 5.39. The lowest BCUT2D eigenvalue weighted by atomic mass is 10.1. The van der Waals surface area contributed by atoms with Gasteiger partial charge in [-0.1, -0.05) is 0 Å². The normalized spacial score (nSPS) is 18.2. The van der Waals surface area contributed by atoms with Crippen molar-refractivity contribution in [3.63, 3.8) is 0 Å². The zero-order valence-electron chi connectivity index (χ0n) is 12.2. The van der Waals surface area contributed by atoms with Crippen LogP contribution >= 0.6 is 27.3 Å². The first kappa shape index (κ1) is 16.5. The monoisotopic (exact) mass is 373 g/mol. The van der Waals surface area contributed by atoms with E-state index in [9.17, 15) is 9.59 Å². The van der Waals surface area contributed by atoms with E-state index < -0.39 is 6.04 Å². The predicted octanol–water partition coefficient (Wildman–Crippen LogP) is 1.84. The van der Waals surface area contributed by atoms with Crippen LogP contribution in [0.5, 0.6) is 0 Å². The van der Waals surface area contributed by atoms with E-state index in [2.05, 4.69) is 38.5 Å². The molecule has 2 amide bonds. The van der Waals surface area contributed by atoms with Crippen LogP contribution in [0.2, 0.25) is 0 Å². The molecule has 0 aromatic carbocycles. The van der Waals surface area contributed by atoms with Crippen molar-refractivity contribution in [3.8, 4) is 0 Å². The van der Waals surface area contributed by atoms with Gasteiger partial charge in [0.1, 0.15) is 6.04 Å². The molecule has 2 N–H and O–H groups in total. The van der Waals surface area contributed by atoms with Crippen LogP contribution < -0.4 is 10.6 Å². The van der Waals surface area contributed by atoms with Crippen LogP contribution in [0.1, 0.15) is 29.4 Å². The van der Waals surface area contributed by atoms with E-state index in [4.69, 9.17) is 0 Å². The summed E-state index contributed by atoms with van der Waals surface area (Å²) in [5, 5.41) is 5.75. The largest absolute Gasteiger partial charge is 0.351 e. The van der Waals surface area contributed by atoms with Crippen LogP contribution in [0.25, 0.3) is 0 Å². The summed E-state index contributed by atoms with van der Waals surface area (Å²) in [5.74, 6) is -0.328. The van der Waals surface area contributed by atoms with E-state index in [1.165, 1.54) is 11.3 Å². The van der Waals surface area contributed by atoms with E-state index in [1.807, 2.05) is 6.07 Å². The smallest absolute Gasteiger partial charge is 0.262 e. The number of hydrogen-bond acceptors (Lipinski definition) is 4. The van der Waals surface area contributed by atoms with Gasteiger partial charge >= 0.3 is 0 Å². The first-order valence-electron chi connectivity index (χ1n) is 7.01. The van der Waals surface area contributed by atoms with Gasteiger partial charge in [-0.25, -0.2) is 0 Å². The molecule has 1 unspecified atom stereocenters. The lowest BCUT2D eigenvalue weighted by Crippen LogP contribution is -2.50. The number of halogens is 1. The molecule has 116 valence electrons. The van der Waals surface area contributed by atoms with Crippen LogP contribution in [0, 0.1) is 0 Å². The summed E-state index contributed by atoms with van der Waals surface area (Å²) in [6, 6.07) is 3.25. The molecule has 1 atom stereocenters. The van der Waals surface area contributed by atoms with Crippen LogP contribution in [0.4, 0.5) is 0 Å². The maximum Gasteiger partial charge on any atom is 0.262 e. The van der Waals surface area contributed by atoms with Crippen LogP contribution in [-0.4, -0.2) is 48.9 Å². The Hall–Kier alpha value is -0.920. The first-order valence-corrected chi connectivity index (χ1v) is 8.62. The summed E-state index contributed by atoms with van der Waals surface area (Å²) in [4.78, 5) is 27.0. The molecule has 7 heteroatoms. The van der Waals surface area contributed by atoms with Crippen LogP contribution in [-0.2, 0) is 4.79 Å². The topological polar surface area (TPSA) is 61.4 Å². The molecule has 0 aliphatic carbocycles. The van der Waals surface area contributed by atoms with Gasteiger partial charge in [-0.3, -0.25) is 9.59 Å². The number of amides is 2. The van der Waals surface area contributed by atoms with Gasteiger partial charge in [-0.2, -0.15) is 0 Å². The van der Waals surface area contributed by atoms with Gasteiger partial charge in [-0.05, 0) is 68.0 Å². The Kier molecular flexibility index (Phi) is 5.78. The fraction of sp³-hybridized carbons (Fsp3) is 0.571. The second-order valence-corrected chi connectivity index (χ2v) is 7.85. The Morgan fingerprint density at radius 2 is 2.05 bits per heavy atom. The van der Waals surface area contributed by atoms with Crippen molar-refractivity contribution >= 4 is 39.1 Å². The third kappa shape index (κ3) is 4.79. The number of nitrogens with one attached hydrogen (secondary N) is 2. The molecule has 0 bridgehead atoms. The highest BCUT2D eigenvalue weighted by molar-refractivity contribution is 9.11. The predicted molar refractivity (Wildman–Crippen MR) is 87.6 cm³/mol. The van der Waals surface area contributed by atoms with Crippen molar-refractivity contribution in [2.24, 2.45) is 0 Å². The zero-order chi connectivity index (χ0) is 15.4. The fourth-order valence-corrected chi connectivity index (χ4v) is 3.54. The van der Waals surface area contributed by atoms with E-state index >= 15 is 0 Å². The minimum atomic E-state index is -0.530. The van der Waals surface area contributed by atoms with Gasteiger partial charge in [-0.15, -0.1) is 11.3 Å². The molecule has 1 aliphatic heterocycles. The highest BCUT2D eigenvalue weighted by atomic mass is 79.9. The van der Waals surface area contributed by atoms with Crippen molar-refractivity contribution in [1.82, 2.24) is 15.5 Å². The number of hydrogen-bond donors (Lipinski definition) is 2. The van der Waals surface area contributed by atoms with Crippen molar-refractivity contribution in [2.75, 3.05) is 20.1 Å². The summed E-state index contributed by atoms with van der Waals surface area (Å²) in [6.07, 6.45) is 1.92. The number of piperidine rings is 1. The Balaban J connectivity index is 1.81. The maximum absolute atomic E-state index is 12.1. The van der Waals surface area contributed by atoms with E-state index in [0.29, 0.717) is 4.88 Å². The molecule has 1 saturated heterocycles. The molecule has 0 radical (unpaired) electrons. The molecule has 2 rings (SSSR count). The second kappa shape index (κ2) is 7.38. The van der Waals surface area contributed by atoms with Gasteiger partial charge < -0.3 is 15.5 Å². The number of carbonyl (C=O) groups is 2. The highest BCUT2D eigenvalue weighted by Crippen LogP contribution is 2.21. The molecule has 2 heterocycles. The van der Waals surface area contributed by atoms with Crippen molar-refractivity contribution in [1.29, 1.82) is 0 Å². The molecule has 21 heavy (non-hydrogen) atoms. The number of rotatable bonds is 4. The minimum absolute atomic E-state index is 0.117. The van der Waals surface area contributed by atoms with Crippen molar-refractivity contribution < 1.29 is 9.59 Å². The molecule has 1 fully saturated rings. The van der Waals surface area contributed by atoms with Gasteiger partial charge in [0.15, 0.2) is 0 Å². The molecular weight excluding hydrogens is 354 g/mol. The number of carbonyl (C=O) groups excluding carboxylic acids is 2. The average molecular weight is 374 g/mol. The summed E-state index contributed by atoms with van der Waals surface area (Å²) in [6.45, 7) is 3.70. The third-order valence-electron chi connectivity index (χ3n) is 3.60. The summed E-state index contributed by atoms with van der Waals surface area (Å²) in [5.41, 5.74) is 0. The maximum atomic E-state index is 12.1. The quantitative estimate of drug-likeness (QED) is 0.846. The molecule has 5 nitrogen and oxygen atoms in total. The average Bonchev–Trinajstić information content (AvgIpc) is 2.88. The van der Waals surface area contributed by atoms with Crippen LogP contribution in [0.3, 0.4) is 0 Å². The van der Waals surface area contributed by atoms with Gasteiger partial charge in [0.2, 0.25) is 5.91 Å². The Morgan fingerprint density at radius 3 is 2.62 bits per heavy atom. The SMILES string of the molecule is CC(NC(=O)c1ccc(Br)s1)C(=O)NC1CCN(C)CC1. The Bertz CT molecular complexity index is 512. The molecule has 1 aromatic rings. The van der Waals surface area contributed by atoms with E-state index in [1.54, 1.807) is 13.0 Å². The van der Waals surface area contributed by atoms with Crippen LogP contribution in [0.15, 0.2) is 15.9 Å². The lowest BCUT2D eigenvalue weighted by molar-refractivity contribution is -0.123. The number of likely N-dealkylation sites (tertiary alicyclic amines) is 1. The zero-order valence-corrected chi connectivity index (χ0v) is 14.6.